The van der Waals surface area contributed by atoms with Crippen LogP contribution < -0.4 is 5.32 Å². The molecule has 1 aliphatic heterocycles. The van der Waals surface area contributed by atoms with E-state index in [-0.39, 0.29) is 17.9 Å². The number of β-amino-alcohol motifs (C(OH)–C–C–N with tert-alkyl or cyclic N) is 1. The second kappa shape index (κ2) is 8.26. The van der Waals surface area contributed by atoms with Crippen LogP contribution in [0.25, 0.3) is 11.3 Å². The summed E-state index contributed by atoms with van der Waals surface area (Å²) in [5.41, 5.74) is 1.60. The van der Waals surface area contributed by atoms with Crippen molar-refractivity contribution in [2.45, 2.75) is 51.5 Å². The van der Waals surface area contributed by atoms with Crippen molar-refractivity contribution in [3.8, 4) is 11.3 Å². The number of hydrogen-bond acceptors (Lipinski definition) is 5. The van der Waals surface area contributed by atoms with Crippen LogP contribution >= 0.6 is 0 Å². The lowest BCUT2D eigenvalue weighted by atomic mass is 9.85. The standard InChI is InChI=1S/C22H32N4O3/c1-22(2,3)19(23-4)21(29)26-13-15(27)11-16(26)18(28)20-24-12-17(25(20)5)14-9-7-6-8-10-14/h6-10,12,15-16,18-19,23,27-28H,11,13H2,1-5H3/t15-,16+,18?,19-/m1/s1. The van der Waals surface area contributed by atoms with Gasteiger partial charge in [-0.25, -0.2) is 4.98 Å². The summed E-state index contributed by atoms with van der Waals surface area (Å²) in [5.74, 6) is 0.371. The van der Waals surface area contributed by atoms with Crippen LogP contribution in [0.2, 0.25) is 0 Å². The van der Waals surface area contributed by atoms with E-state index in [2.05, 4.69) is 10.3 Å². The molecule has 2 heterocycles. The van der Waals surface area contributed by atoms with Crippen molar-refractivity contribution in [2.75, 3.05) is 13.6 Å². The molecule has 3 rings (SSSR count). The van der Waals surface area contributed by atoms with Crippen LogP contribution in [-0.4, -0.2) is 62.4 Å². The summed E-state index contributed by atoms with van der Waals surface area (Å²) in [5, 5.41) is 24.5. The van der Waals surface area contributed by atoms with Gasteiger partial charge in [0.25, 0.3) is 0 Å². The maximum Gasteiger partial charge on any atom is 0.240 e. The van der Waals surface area contributed by atoms with E-state index >= 15 is 0 Å². The van der Waals surface area contributed by atoms with Crippen molar-refractivity contribution in [1.29, 1.82) is 0 Å². The predicted molar refractivity (Wildman–Crippen MR) is 112 cm³/mol. The van der Waals surface area contributed by atoms with Gasteiger partial charge in [0.1, 0.15) is 11.9 Å². The van der Waals surface area contributed by atoms with Gasteiger partial charge in [-0.1, -0.05) is 51.1 Å². The number of hydrogen-bond donors (Lipinski definition) is 3. The number of benzene rings is 1. The molecule has 1 aromatic carbocycles. The van der Waals surface area contributed by atoms with Crippen molar-refractivity contribution in [3.63, 3.8) is 0 Å². The second-order valence-electron chi connectivity index (χ2n) is 8.91. The molecule has 7 heteroatoms. The third-order valence-electron chi connectivity index (χ3n) is 5.73. The molecule has 1 aromatic heterocycles. The Morgan fingerprint density at radius 2 is 1.93 bits per heavy atom. The smallest absolute Gasteiger partial charge is 0.240 e. The van der Waals surface area contributed by atoms with E-state index in [9.17, 15) is 15.0 Å². The zero-order valence-corrected chi connectivity index (χ0v) is 17.8. The van der Waals surface area contributed by atoms with Gasteiger partial charge in [-0.3, -0.25) is 4.79 Å². The van der Waals surface area contributed by atoms with E-state index in [0.717, 1.165) is 11.3 Å². The lowest BCUT2D eigenvalue weighted by Gasteiger charge is -2.36. The Bertz CT molecular complexity index is 843. The zero-order valence-electron chi connectivity index (χ0n) is 17.8. The number of likely N-dealkylation sites (N-methyl/N-ethyl adjacent to an activating group) is 1. The fourth-order valence-electron chi connectivity index (χ4n) is 4.24. The first-order valence-electron chi connectivity index (χ1n) is 10.1. The van der Waals surface area contributed by atoms with Gasteiger partial charge in [-0.15, -0.1) is 0 Å². The Labute approximate surface area is 172 Å². The molecule has 1 aliphatic rings. The second-order valence-corrected chi connectivity index (χ2v) is 8.91. The van der Waals surface area contributed by atoms with Crippen LogP contribution in [0.5, 0.6) is 0 Å². The van der Waals surface area contributed by atoms with Gasteiger partial charge in [0.05, 0.1) is 30.1 Å². The Balaban J connectivity index is 1.89. The normalized spacial score (nSPS) is 22.0. The fraction of sp³-hybridized carbons (Fsp3) is 0.545. The molecular formula is C22H32N4O3. The Morgan fingerprint density at radius 3 is 2.52 bits per heavy atom. The van der Waals surface area contributed by atoms with Crippen LogP contribution in [0, 0.1) is 5.41 Å². The first-order chi connectivity index (χ1) is 13.6. The Morgan fingerprint density at radius 1 is 1.28 bits per heavy atom. The minimum absolute atomic E-state index is 0.113. The molecule has 2 aromatic rings. The van der Waals surface area contributed by atoms with Crippen molar-refractivity contribution in [1.82, 2.24) is 19.8 Å². The summed E-state index contributed by atoms with van der Waals surface area (Å²) in [6, 6.07) is 8.90. The number of nitrogens with one attached hydrogen (secondary N) is 1. The summed E-state index contributed by atoms with van der Waals surface area (Å²) in [4.78, 5) is 19.3. The number of imidazole rings is 1. The minimum atomic E-state index is -0.990. The van der Waals surface area contributed by atoms with E-state index in [0.29, 0.717) is 12.2 Å². The van der Waals surface area contributed by atoms with Gasteiger partial charge < -0.3 is 25.0 Å². The van der Waals surface area contributed by atoms with Crippen molar-refractivity contribution < 1.29 is 15.0 Å². The molecule has 0 radical (unpaired) electrons. The van der Waals surface area contributed by atoms with E-state index in [1.807, 2.05) is 62.7 Å². The molecule has 0 aliphatic carbocycles. The fourth-order valence-corrected chi connectivity index (χ4v) is 4.24. The lowest BCUT2D eigenvalue weighted by Crippen LogP contribution is -2.54. The van der Waals surface area contributed by atoms with Gasteiger partial charge in [0.2, 0.25) is 5.91 Å². The first-order valence-corrected chi connectivity index (χ1v) is 10.1. The highest BCUT2D eigenvalue weighted by molar-refractivity contribution is 5.83. The minimum Gasteiger partial charge on any atom is -0.391 e. The average molecular weight is 401 g/mol. The highest BCUT2D eigenvalue weighted by atomic mass is 16.3. The summed E-state index contributed by atoms with van der Waals surface area (Å²) in [7, 11) is 3.62. The molecular weight excluding hydrogens is 368 g/mol. The Kier molecular flexibility index (Phi) is 6.12. The number of carbonyl (C=O) groups excluding carboxylic acids is 1. The summed E-state index contributed by atoms with van der Waals surface area (Å²) in [6.07, 6.45) is 0.402. The van der Waals surface area contributed by atoms with E-state index in [1.165, 1.54) is 0 Å². The van der Waals surface area contributed by atoms with Crippen LogP contribution in [0.1, 0.15) is 39.1 Å². The summed E-state index contributed by atoms with van der Waals surface area (Å²) < 4.78 is 1.85. The van der Waals surface area contributed by atoms with Gasteiger partial charge in [0.15, 0.2) is 0 Å². The first kappa shape index (κ1) is 21.5. The SMILES string of the molecule is CN[C@H](C(=O)N1C[C@H](O)C[C@H]1C(O)c1ncc(-c2ccccc2)n1C)C(C)(C)C. The number of carbonyl (C=O) groups is 1. The molecule has 1 amide bonds. The highest BCUT2D eigenvalue weighted by Crippen LogP contribution is 2.33. The van der Waals surface area contributed by atoms with E-state index in [1.54, 1.807) is 18.1 Å². The molecule has 0 spiro atoms. The monoisotopic (exact) mass is 400 g/mol. The molecule has 1 unspecified atom stereocenters. The molecule has 1 fully saturated rings. The maximum absolute atomic E-state index is 13.2. The number of aromatic nitrogens is 2. The van der Waals surface area contributed by atoms with Crippen molar-refractivity contribution in [3.05, 3.63) is 42.4 Å². The van der Waals surface area contributed by atoms with E-state index in [4.69, 9.17) is 0 Å². The lowest BCUT2D eigenvalue weighted by molar-refractivity contribution is -0.139. The largest absolute Gasteiger partial charge is 0.391 e. The zero-order chi connectivity index (χ0) is 21.3. The van der Waals surface area contributed by atoms with Crippen LogP contribution in [0.3, 0.4) is 0 Å². The van der Waals surface area contributed by atoms with E-state index < -0.39 is 24.3 Å². The molecule has 29 heavy (non-hydrogen) atoms. The van der Waals surface area contributed by atoms with Crippen molar-refractivity contribution >= 4 is 5.91 Å². The molecule has 1 saturated heterocycles. The predicted octanol–water partition coefficient (Wildman–Crippen LogP) is 1.72. The maximum atomic E-state index is 13.2. The molecule has 3 N–H and O–H groups in total. The summed E-state index contributed by atoms with van der Waals surface area (Å²) in [6.45, 7) is 6.20. The quantitative estimate of drug-likeness (QED) is 0.711. The Hall–Kier alpha value is -2.22. The molecule has 4 atom stereocenters. The average Bonchev–Trinajstić information content (AvgIpc) is 3.24. The van der Waals surface area contributed by atoms with Crippen LogP contribution in [0.4, 0.5) is 0 Å². The summed E-state index contributed by atoms with van der Waals surface area (Å²) >= 11 is 0. The number of amides is 1. The van der Waals surface area contributed by atoms with Gasteiger partial charge in [0, 0.05) is 13.6 Å². The molecule has 7 nitrogen and oxygen atoms in total. The number of nitrogens with zero attached hydrogens (tertiary/aromatic N) is 3. The molecule has 0 bridgehead atoms. The number of likely N-dealkylation sites (tertiary alicyclic amines) is 1. The third kappa shape index (κ3) is 4.22. The number of rotatable bonds is 5. The number of aliphatic hydroxyl groups is 2. The topological polar surface area (TPSA) is 90.6 Å². The number of aliphatic hydroxyl groups excluding tert-OH is 2. The van der Waals surface area contributed by atoms with Crippen molar-refractivity contribution in [2.24, 2.45) is 12.5 Å². The van der Waals surface area contributed by atoms with Gasteiger partial charge in [-0.05, 0) is 24.4 Å². The molecule has 158 valence electrons. The van der Waals surface area contributed by atoms with Gasteiger partial charge in [-0.2, -0.15) is 0 Å². The molecule has 0 saturated carbocycles. The van der Waals surface area contributed by atoms with Crippen LogP contribution in [-0.2, 0) is 11.8 Å². The third-order valence-corrected chi connectivity index (χ3v) is 5.73. The van der Waals surface area contributed by atoms with Crippen LogP contribution in [0.15, 0.2) is 36.5 Å². The van der Waals surface area contributed by atoms with Gasteiger partial charge >= 0.3 is 0 Å². The highest BCUT2D eigenvalue weighted by Gasteiger charge is 2.44.